The van der Waals surface area contributed by atoms with Gasteiger partial charge in [-0.15, -0.1) is 0 Å². The van der Waals surface area contributed by atoms with Crippen LogP contribution in [0, 0.1) is 0 Å². The summed E-state index contributed by atoms with van der Waals surface area (Å²) in [5.74, 6) is 0.867. The van der Waals surface area contributed by atoms with Crippen LogP contribution in [0.1, 0.15) is 12.0 Å². The van der Waals surface area contributed by atoms with E-state index in [4.69, 9.17) is 9.72 Å². The van der Waals surface area contributed by atoms with E-state index >= 15 is 0 Å². The minimum atomic E-state index is -0.209. The molecule has 1 aliphatic rings. The minimum Gasteiger partial charge on any atom is -0.497 e. The summed E-state index contributed by atoms with van der Waals surface area (Å²) in [5, 5.41) is 1.35. The number of hydrogen-bond acceptors (Lipinski definition) is 5. The second-order valence-electron chi connectivity index (χ2n) is 8.69. The molecule has 2 aromatic heterocycles. The van der Waals surface area contributed by atoms with E-state index in [2.05, 4.69) is 11.1 Å². The molecule has 0 bridgehead atoms. The highest BCUT2D eigenvalue weighted by Gasteiger charge is 2.24. The van der Waals surface area contributed by atoms with Crippen molar-refractivity contribution >= 4 is 45.3 Å². The number of para-hydroxylation sites is 2. The van der Waals surface area contributed by atoms with E-state index in [0.29, 0.717) is 34.2 Å². The number of ether oxygens (including phenoxy) is 1. The standard InChI is InChI=1S/C28H24N4O3S/c1-35-20-14-12-19(13-15-20)32-27(34)26-25(21-9-3-4-10-22(21)29-26)30-28(32)36-17-24(33)31-16-6-8-18-7-2-5-11-23(18)31/h2-5,7,9-15,29H,6,8,16-17H2,1H3. The topological polar surface area (TPSA) is 80.2 Å². The van der Waals surface area contributed by atoms with Crippen LogP contribution < -0.4 is 15.2 Å². The quantitative estimate of drug-likeness (QED) is 0.275. The van der Waals surface area contributed by atoms with Crippen LogP contribution in [0.5, 0.6) is 5.75 Å². The SMILES string of the molecule is COc1ccc(-n2c(SCC(=O)N3CCCc4ccccc43)nc3c([nH]c4ccccc43)c2=O)cc1. The molecule has 180 valence electrons. The molecule has 3 aromatic carbocycles. The zero-order valence-electron chi connectivity index (χ0n) is 19.7. The van der Waals surface area contributed by atoms with Gasteiger partial charge in [0.15, 0.2) is 5.16 Å². The van der Waals surface area contributed by atoms with E-state index in [9.17, 15) is 9.59 Å². The lowest BCUT2D eigenvalue weighted by Crippen LogP contribution is -2.36. The monoisotopic (exact) mass is 496 g/mol. The Morgan fingerprint density at radius 1 is 1.06 bits per heavy atom. The first-order valence-electron chi connectivity index (χ1n) is 11.8. The molecule has 0 unspecified atom stereocenters. The normalized spacial score (nSPS) is 13.2. The number of carbonyl (C=O) groups excluding carboxylic acids is 1. The summed E-state index contributed by atoms with van der Waals surface area (Å²) in [4.78, 5) is 37.1. The summed E-state index contributed by atoms with van der Waals surface area (Å²) in [7, 11) is 1.60. The Morgan fingerprint density at radius 2 is 1.83 bits per heavy atom. The molecule has 1 aliphatic heterocycles. The molecule has 6 rings (SSSR count). The van der Waals surface area contributed by atoms with Gasteiger partial charge in [0, 0.05) is 23.1 Å². The highest BCUT2D eigenvalue weighted by molar-refractivity contribution is 7.99. The van der Waals surface area contributed by atoms with Gasteiger partial charge in [0.25, 0.3) is 5.56 Å². The maximum absolute atomic E-state index is 13.7. The molecule has 0 spiro atoms. The van der Waals surface area contributed by atoms with Crippen molar-refractivity contribution in [3.8, 4) is 11.4 Å². The van der Waals surface area contributed by atoms with Crippen LogP contribution in [-0.4, -0.2) is 39.8 Å². The Balaban J connectivity index is 1.42. The van der Waals surface area contributed by atoms with Gasteiger partial charge in [0.1, 0.15) is 16.8 Å². The van der Waals surface area contributed by atoms with Crippen LogP contribution in [0.4, 0.5) is 5.69 Å². The van der Waals surface area contributed by atoms with Crippen LogP contribution in [0.2, 0.25) is 0 Å². The minimum absolute atomic E-state index is 0.00158. The molecule has 0 saturated carbocycles. The van der Waals surface area contributed by atoms with Crippen LogP contribution in [0.15, 0.2) is 82.7 Å². The lowest BCUT2D eigenvalue weighted by molar-refractivity contribution is -0.116. The van der Waals surface area contributed by atoms with Gasteiger partial charge < -0.3 is 14.6 Å². The highest BCUT2D eigenvalue weighted by Crippen LogP contribution is 2.30. The molecule has 8 heteroatoms. The smallest absolute Gasteiger partial charge is 0.283 e. The number of amides is 1. The first-order chi connectivity index (χ1) is 17.6. The molecule has 7 nitrogen and oxygen atoms in total. The number of anilines is 1. The molecule has 36 heavy (non-hydrogen) atoms. The summed E-state index contributed by atoms with van der Waals surface area (Å²) in [6.45, 7) is 0.691. The number of aryl methyl sites for hydroxylation is 1. The zero-order chi connectivity index (χ0) is 24.6. The van der Waals surface area contributed by atoms with Gasteiger partial charge in [-0.25, -0.2) is 4.98 Å². The van der Waals surface area contributed by atoms with Crippen molar-refractivity contribution in [3.63, 3.8) is 0 Å². The van der Waals surface area contributed by atoms with Gasteiger partial charge in [-0.2, -0.15) is 0 Å². The summed E-state index contributed by atoms with van der Waals surface area (Å²) in [5.41, 5.74) is 4.51. The number of rotatable bonds is 5. The van der Waals surface area contributed by atoms with Crippen LogP contribution >= 0.6 is 11.8 Å². The summed E-state index contributed by atoms with van der Waals surface area (Å²) in [6, 6.07) is 23.0. The third-order valence-electron chi connectivity index (χ3n) is 6.56. The molecule has 0 saturated heterocycles. The van der Waals surface area contributed by atoms with E-state index in [-0.39, 0.29) is 17.2 Å². The summed E-state index contributed by atoms with van der Waals surface area (Å²) >= 11 is 1.28. The second kappa shape index (κ2) is 9.20. The first-order valence-corrected chi connectivity index (χ1v) is 12.8. The molecule has 1 amide bonds. The number of benzene rings is 3. The van der Waals surface area contributed by atoms with E-state index in [0.717, 1.165) is 29.4 Å². The number of hydrogen-bond donors (Lipinski definition) is 1. The Morgan fingerprint density at radius 3 is 2.67 bits per heavy atom. The number of H-pyrrole nitrogens is 1. The molecule has 0 radical (unpaired) electrons. The number of aromatic amines is 1. The number of fused-ring (bicyclic) bond motifs is 4. The Bertz CT molecular complexity index is 1660. The van der Waals surface area contributed by atoms with Crippen LogP contribution in [-0.2, 0) is 11.2 Å². The third-order valence-corrected chi connectivity index (χ3v) is 7.48. The van der Waals surface area contributed by atoms with Gasteiger partial charge in [-0.3, -0.25) is 14.2 Å². The van der Waals surface area contributed by atoms with Crippen molar-refractivity contribution in [1.29, 1.82) is 0 Å². The molecule has 0 fully saturated rings. The van der Waals surface area contributed by atoms with E-state index in [1.807, 2.05) is 59.5 Å². The van der Waals surface area contributed by atoms with E-state index in [1.165, 1.54) is 17.3 Å². The fraction of sp³-hybridized carbons (Fsp3) is 0.179. The van der Waals surface area contributed by atoms with Crippen molar-refractivity contribution in [2.24, 2.45) is 0 Å². The Kier molecular flexibility index (Phi) is 5.73. The second-order valence-corrected chi connectivity index (χ2v) is 9.64. The summed E-state index contributed by atoms with van der Waals surface area (Å²) in [6.07, 6.45) is 1.91. The van der Waals surface area contributed by atoms with Crippen molar-refractivity contribution in [3.05, 3.63) is 88.7 Å². The maximum Gasteiger partial charge on any atom is 0.283 e. The molecular formula is C28H24N4O3S. The third kappa shape index (κ3) is 3.83. The molecule has 0 aliphatic carbocycles. The van der Waals surface area contributed by atoms with Gasteiger partial charge in [-0.1, -0.05) is 48.2 Å². The molecule has 5 aromatic rings. The number of carbonyl (C=O) groups is 1. The Hall–Kier alpha value is -4.04. The van der Waals surface area contributed by atoms with Gasteiger partial charge in [0.2, 0.25) is 5.91 Å². The molecule has 3 heterocycles. The average molecular weight is 497 g/mol. The van der Waals surface area contributed by atoms with Gasteiger partial charge in [-0.05, 0) is 54.8 Å². The average Bonchev–Trinajstić information content (AvgIpc) is 3.30. The van der Waals surface area contributed by atoms with Crippen LogP contribution in [0.3, 0.4) is 0 Å². The number of nitrogens with zero attached hydrogens (tertiary/aromatic N) is 3. The highest BCUT2D eigenvalue weighted by atomic mass is 32.2. The first kappa shape index (κ1) is 22.4. The van der Waals surface area contributed by atoms with Crippen molar-refractivity contribution in [2.45, 2.75) is 18.0 Å². The maximum atomic E-state index is 13.7. The molecule has 0 atom stereocenters. The fourth-order valence-corrected chi connectivity index (χ4v) is 5.68. The van der Waals surface area contributed by atoms with E-state index < -0.39 is 0 Å². The number of thioether (sulfide) groups is 1. The van der Waals surface area contributed by atoms with Crippen molar-refractivity contribution < 1.29 is 9.53 Å². The van der Waals surface area contributed by atoms with E-state index in [1.54, 1.807) is 23.8 Å². The van der Waals surface area contributed by atoms with Gasteiger partial charge >= 0.3 is 0 Å². The fourth-order valence-electron chi connectivity index (χ4n) is 4.80. The van der Waals surface area contributed by atoms with Crippen molar-refractivity contribution in [1.82, 2.24) is 14.5 Å². The van der Waals surface area contributed by atoms with Crippen molar-refractivity contribution in [2.75, 3.05) is 24.3 Å². The lowest BCUT2D eigenvalue weighted by atomic mass is 10.0. The summed E-state index contributed by atoms with van der Waals surface area (Å²) < 4.78 is 6.85. The Labute approximate surface area is 211 Å². The van der Waals surface area contributed by atoms with Gasteiger partial charge in [0.05, 0.1) is 18.6 Å². The molecular weight excluding hydrogens is 472 g/mol. The zero-order valence-corrected chi connectivity index (χ0v) is 20.5. The number of methoxy groups -OCH3 is 1. The lowest BCUT2D eigenvalue weighted by Gasteiger charge is -2.29. The molecule has 1 N–H and O–H groups in total. The van der Waals surface area contributed by atoms with Crippen LogP contribution in [0.25, 0.3) is 27.6 Å². The number of aromatic nitrogens is 3. The predicted molar refractivity (Wildman–Crippen MR) is 144 cm³/mol. The number of nitrogens with one attached hydrogen (secondary N) is 1. The predicted octanol–water partition coefficient (Wildman–Crippen LogP) is 4.95. The largest absolute Gasteiger partial charge is 0.497 e.